The maximum atomic E-state index is 5.89. The van der Waals surface area contributed by atoms with Crippen LogP contribution >= 0.6 is 0 Å². The molecule has 20 heavy (non-hydrogen) atoms. The van der Waals surface area contributed by atoms with Gasteiger partial charge in [-0.1, -0.05) is 26.2 Å². The highest BCUT2D eigenvalue weighted by Crippen LogP contribution is 2.25. The van der Waals surface area contributed by atoms with E-state index in [9.17, 15) is 0 Å². The molecule has 2 rings (SSSR count). The first-order chi connectivity index (χ1) is 9.81. The average molecular weight is 276 g/mol. The molecule has 0 amide bonds. The van der Waals surface area contributed by atoms with Gasteiger partial charge in [-0.05, 0) is 37.1 Å². The number of nitrogens with one attached hydrogen (secondary N) is 1. The fraction of sp³-hybridized carbons (Fsp3) is 0.647. The largest absolute Gasteiger partial charge is 0.493 e. The Balaban J connectivity index is 1.85. The summed E-state index contributed by atoms with van der Waals surface area (Å²) in [5, 5.41) is 3.39. The minimum atomic E-state index is 0.841. The molecule has 1 heterocycles. The van der Waals surface area contributed by atoms with Crippen LogP contribution in [0, 0.1) is 6.92 Å². The standard InChI is InChI=1S/C17H28N2O/c1-3-4-5-6-13-20-17-8-7-16(14-15(17)2)19-11-9-18-10-12-19/h7-8,14,18H,3-6,9-13H2,1-2H3. The Morgan fingerprint density at radius 3 is 2.65 bits per heavy atom. The molecular weight excluding hydrogens is 248 g/mol. The van der Waals surface area contributed by atoms with Gasteiger partial charge < -0.3 is 15.0 Å². The summed E-state index contributed by atoms with van der Waals surface area (Å²) >= 11 is 0. The smallest absolute Gasteiger partial charge is 0.122 e. The van der Waals surface area contributed by atoms with Gasteiger partial charge in [-0.25, -0.2) is 0 Å². The highest BCUT2D eigenvalue weighted by atomic mass is 16.5. The molecular formula is C17H28N2O. The topological polar surface area (TPSA) is 24.5 Å². The first-order valence-electron chi connectivity index (χ1n) is 8.00. The number of nitrogens with zero attached hydrogens (tertiary/aromatic N) is 1. The van der Waals surface area contributed by atoms with Crippen LogP contribution < -0.4 is 15.0 Å². The van der Waals surface area contributed by atoms with Crippen molar-refractivity contribution in [3.8, 4) is 5.75 Å². The van der Waals surface area contributed by atoms with Crippen LogP contribution in [0.1, 0.15) is 38.2 Å². The van der Waals surface area contributed by atoms with Gasteiger partial charge in [0.1, 0.15) is 5.75 Å². The third kappa shape index (κ3) is 4.41. The van der Waals surface area contributed by atoms with Gasteiger partial charge in [0.25, 0.3) is 0 Å². The Morgan fingerprint density at radius 1 is 1.15 bits per heavy atom. The van der Waals surface area contributed by atoms with Crippen LogP contribution in [0.25, 0.3) is 0 Å². The Hall–Kier alpha value is -1.22. The van der Waals surface area contributed by atoms with Crippen molar-refractivity contribution in [2.45, 2.75) is 39.5 Å². The monoisotopic (exact) mass is 276 g/mol. The summed E-state index contributed by atoms with van der Waals surface area (Å²) in [6, 6.07) is 6.58. The first-order valence-corrected chi connectivity index (χ1v) is 8.00. The van der Waals surface area contributed by atoms with Gasteiger partial charge in [-0.3, -0.25) is 0 Å². The van der Waals surface area contributed by atoms with Crippen LogP contribution in [0.15, 0.2) is 18.2 Å². The van der Waals surface area contributed by atoms with Crippen molar-refractivity contribution in [2.24, 2.45) is 0 Å². The molecule has 0 aromatic heterocycles. The molecule has 0 atom stereocenters. The SMILES string of the molecule is CCCCCCOc1ccc(N2CCNCC2)cc1C. The predicted octanol–water partition coefficient (Wildman–Crippen LogP) is 3.36. The zero-order chi connectivity index (χ0) is 14.2. The van der Waals surface area contributed by atoms with Crippen molar-refractivity contribution >= 4 is 5.69 Å². The quantitative estimate of drug-likeness (QED) is 0.773. The maximum Gasteiger partial charge on any atom is 0.122 e. The molecule has 0 aliphatic carbocycles. The molecule has 1 aromatic carbocycles. The summed E-state index contributed by atoms with van der Waals surface area (Å²) in [5.74, 6) is 1.04. The molecule has 1 aliphatic heterocycles. The second kappa shape index (κ2) is 8.15. The lowest BCUT2D eigenvalue weighted by atomic mass is 10.1. The zero-order valence-corrected chi connectivity index (χ0v) is 13.0. The molecule has 0 unspecified atom stereocenters. The molecule has 1 fully saturated rings. The third-order valence-electron chi connectivity index (χ3n) is 3.90. The van der Waals surface area contributed by atoms with Gasteiger partial charge in [-0.15, -0.1) is 0 Å². The van der Waals surface area contributed by atoms with Crippen LogP contribution in [0.4, 0.5) is 5.69 Å². The van der Waals surface area contributed by atoms with Gasteiger partial charge in [0.05, 0.1) is 6.61 Å². The van der Waals surface area contributed by atoms with Crippen molar-refractivity contribution in [1.82, 2.24) is 5.32 Å². The zero-order valence-electron chi connectivity index (χ0n) is 13.0. The van der Waals surface area contributed by atoms with E-state index >= 15 is 0 Å². The molecule has 0 bridgehead atoms. The fourth-order valence-corrected chi connectivity index (χ4v) is 2.63. The lowest BCUT2D eigenvalue weighted by Gasteiger charge is -2.29. The third-order valence-corrected chi connectivity index (χ3v) is 3.90. The van der Waals surface area contributed by atoms with Crippen LogP contribution in [0.2, 0.25) is 0 Å². The number of hydrogen-bond acceptors (Lipinski definition) is 3. The van der Waals surface area contributed by atoms with E-state index in [0.29, 0.717) is 0 Å². The van der Waals surface area contributed by atoms with E-state index in [-0.39, 0.29) is 0 Å². The molecule has 0 spiro atoms. The molecule has 0 radical (unpaired) electrons. The molecule has 1 aromatic rings. The summed E-state index contributed by atoms with van der Waals surface area (Å²) in [6.07, 6.45) is 5.02. The highest BCUT2D eigenvalue weighted by Gasteiger charge is 2.11. The molecule has 1 aliphatic rings. The van der Waals surface area contributed by atoms with E-state index < -0.39 is 0 Å². The van der Waals surface area contributed by atoms with Crippen LogP contribution in [-0.2, 0) is 0 Å². The fourth-order valence-electron chi connectivity index (χ4n) is 2.63. The predicted molar refractivity (Wildman–Crippen MR) is 85.9 cm³/mol. The summed E-state index contributed by atoms with van der Waals surface area (Å²) in [4.78, 5) is 2.44. The number of rotatable bonds is 7. The molecule has 1 N–H and O–H groups in total. The highest BCUT2D eigenvalue weighted by molar-refractivity contribution is 5.53. The van der Waals surface area contributed by atoms with Gasteiger partial charge >= 0.3 is 0 Å². The molecule has 3 heteroatoms. The average Bonchev–Trinajstić information content (AvgIpc) is 2.49. The number of unbranched alkanes of at least 4 members (excludes halogenated alkanes) is 3. The number of benzene rings is 1. The van der Waals surface area contributed by atoms with E-state index in [1.54, 1.807) is 0 Å². The number of hydrogen-bond donors (Lipinski definition) is 1. The summed E-state index contributed by atoms with van der Waals surface area (Å²) in [6.45, 7) is 9.57. The Morgan fingerprint density at radius 2 is 1.95 bits per heavy atom. The Kier molecular flexibility index (Phi) is 6.19. The van der Waals surface area contributed by atoms with Crippen molar-refractivity contribution < 1.29 is 4.74 Å². The molecule has 3 nitrogen and oxygen atoms in total. The lowest BCUT2D eigenvalue weighted by Crippen LogP contribution is -2.43. The molecule has 1 saturated heterocycles. The molecule has 0 saturated carbocycles. The Labute approximate surface area is 123 Å². The Bertz CT molecular complexity index is 400. The van der Waals surface area contributed by atoms with E-state index in [0.717, 1.165) is 45.0 Å². The number of aryl methyl sites for hydroxylation is 1. The van der Waals surface area contributed by atoms with Gasteiger partial charge in [0.2, 0.25) is 0 Å². The van der Waals surface area contributed by atoms with Crippen molar-refractivity contribution in [2.75, 3.05) is 37.7 Å². The number of anilines is 1. The van der Waals surface area contributed by atoms with Crippen LogP contribution in [0.3, 0.4) is 0 Å². The second-order valence-electron chi connectivity index (χ2n) is 5.60. The van der Waals surface area contributed by atoms with Crippen molar-refractivity contribution in [1.29, 1.82) is 0 Å². The normalized spacial score (nSPS) is 15.4. The van der Waals surface area contributed by atoms with Crippen LogP contribution in [0.5, 0.6) is 5.75 Å². The van der Waals surface area contributed by atoms with Gasteiger partial charge in [0.15, 0.2) is 0 Å². The van der Waals surface area contributed by atoms with E-state index in [1.165, 1.54) is 30.5 Å². The number of piperazine rings is 1. The minimum Gasteiger partial charge on any atom is -0.493 e. The van der Waals surface area contributed by atoms with Gasteiger partial charge in [-0.2, -0.15) is 0 Å². The van der Waals surface area contributed by atoms with E-state index in [4.69, 9.17) is 4.74 Å². The summed E-state index contributed by atoms with van der Waals surface area (Å²) < 4.78 is 5.89. The minimum absolute atomic E-state index is 0.841. The van der Waals surface area contributed by atoms with Crippen molar-refractivity contribution in [3.05, 3.63) is 23.8 Å². The van der Waals surface area contributed by atoms with E-state index in [2.05, 4.69) is 42.3 Å². The van der Waals surface area contributed by atoms with Crippen LogP contribution in [-0.4, -0.2) is 32.8 Å². The summed E-state index contributed by atoms with van der Waals surface area (Å²) in [7, 11) is 0. The van der Waals surface area contributed by atoms with Gasteiger partial charge in [0, 0.05) is 31.9 Å². The lowest BCUT2D eigenvalue weighted by molar-refractivity contribution is 0.303. The second-order valence-corrected chi connectivity index (χ2v) is 5.60. The molecule has 112 valence electrons. The first kappa shape index (κ1) is 15.2. The van der Waals surface area contributed by atoms with E-state index in [1.807, 2.05) is 0 Å². The summed E-state index contributed by atoms with van der Waals surface area (Å²) in [5.41, 5.74) is 2.57. The van der Waals surface area contributed by atoms with Crippen molar-refractivity contribution in [3.63, 3.8) is 0 Å². The maximum absolute atomic E-state index is 5.89. The number of ether oxygens (including phenoxy) is 1.